The zero-order valence-electron chi connectivity index (χ0n) is 12.4. The molecular weight excluding hydrogens is 291 g/mol. The van der Waals surface area contributed by atoms with E-state index in [1.807, 2.05) is 6.08 Å². The Hall–Kier alpha value is -0.540. The molecule has 1 aliphatic rings. The second kappa shape index (κ2) is 9.41. The molecule has 0 radical (unpaired) electrons. The van der Waals surface area contributed by atoms with Crippen molar-refractivity contribution >= 4 is 24.8 Å². The van der Waals surface area contributed by atoms with Gasteiger partial charge in [-0.1, -0.05) is 35.4 Å². The molecule has 1 aromatic carbocycles. The van der Waals surface area contributed by atoms with Crippen LogP contribution in [-0.2, 0) is 0 Å². The van der Waals surface area contributed by atoms with E-state index in [1.54, 1.807) is 0 Å². The molecular formula is C16H26Cl2N2. The Labute approximate surface area is 135 Å². The number of aryl methyl sites for hydroxylation is 2. The van der Waals surface area contributed by atoms with Gasteiger partial charge in [0.25, 0.3) is 0 Å². The van der Waals surface area contributed by atoms with Gasteiger partial charge in [-0.2, -0.15) is 0 Å². The summed E-state index contributed by atoms with van der Waals surface area (Å²) in [5.74, 6) is 0. The van der Waals surface area contributed by atoms with Crippen LogP contribution in [0.3, 0.4) is 0 Å². The van der Waals surface area contributed by atoms with Crippen LogP contribution in [-0.4, -0.2) is 31.1 Å². The minimum Gasteiger partial charge on any atom is -0.314 e. The fourth-order valence-electron chi connectivity index (χ4n) is 2.85. The largest absolute Gasteiger partial charge is 0.314 e. The number of nitrogens with one attached hydrogen (secondary N) is 1. The first-order valence-electron chi connectivity index (χ1n) is 6.84. The van der Waals surface area contributed by atoms with Crippen molar-refractivity contribution in [2.24, 2.45) is 0 Å². The lowest BCUT2D eigenvalue weighted by molar-refractivity contribution is 0.174. The number of hydrogen-bond acceptors (Lipinski definition) is 2. The molecule has 1 aromatic rings. The quantitative estimate of drug-likeness (QED) is 0.853. The zero-order valence-corrected chi connectivity index (χ0v) is 14.0. The first-order chi connectivity index (χ1) is 8.70. The van der Waals surface area contributed by atoms with Crippen molar-refractivity contribution in [3.63, 3.8) is 0 Å². The third-order valence-electron chi connectivity index (χ3n) is 3.61. The number of nitrogens with zero attached hydrogens (tertiary/aromatic N) is 1. The van der Waals surface area contributed by atoms with Gasteiger partial charge in [0.15, 0.2) is 0 Å². The predicted molar refractivity (Wildman–Crippen MR) is 92.4 cm³/mol. The van der Waals surface area contributed by atoms with Crippen molar-refractivity contribution in [2.75, 3.05) is 26.2 Å². The fraction of sp³-hybridized carbons (Fsp3) is 0.500. The summed E-state index contributed by atoms with van der Waals surface area (Å²) in [5, 5.41) is 3.42. The van der Waals surface area contributed by atoms with Gasteiger partial charge in [0.1, 0.15) is 0 Å². The molecule has 4 heteroatoms. The van der Waals surface area contributed by atoms with Gasteiger partial charge in [0, 0.05) is 32.2 Å². The molecule has 2 nitrogen and oxygen atoms in total. The van der Waals surface area contributed by atoms with Crippen LogP contribution in [0, 0.1) is 13.8 Å². The highest BCUT2D eigenvalue weighted by Crippen LogP contribution is 2.26. The summed E-state index contributed by atoms with van der Waals surface area (Å²) in [6, 6.07) is 7.38. The maximum absolute atomic E-state index is 3.92. The number of halogens is 2. The van der Waals surface area contributed by atoms with Gasteiger partial charge in [-0.05, 0) is 25.8 Å². The molecule has 0 spiro atoms. The van der Waals surface area contributed by atoms with Gasteiger partial charge >= 0.3 is 0 Å². The Kier molecular flexibility index (Phi) is 9.15. The van der Waals surface area contributed by atoms with E-state index in [0.717, 1.165) is 32.6 Å². The van der Waals surface area contributed by atoms with Crippen LogP contribution in [0.1, 0.15) is 29.2 Å². The Balaban J connectivity index is 0.00000180. The number of rotatable bonds is 4. The highest BCUT2D eigenvalue weighted by molar-refractivity contribution is 5.85. The van der Waals surface area contributed by atoms with E-state index in [1.165, 1.54) is 16.7 Å². The molecule has 1 heterocycles. The van der Waals surface area contributed by atoms with E-state index in [-0.39, 0.29) is 24.8 Å². The molecule has 1 aliphatic heterocycles. The van der Waals surface area contributed by atoms with Gasteiger partial charge in [0.05, 0.1) is 0 Å². The number of benzene rings is 1. The van der Waals surface area contributed by atoms with E-state index >= 15 is 0 Å². The van der Waals surface area contributed by atoms with E-state index in [0.29, 0.717) is 6.04 Å². The monoisotopic (exact) mass is 316 g/mol. The summed E-state index contributed by atoms with van der Waals surface area (Å²) in [4.78, 5) is 2.58. The van der Waals surface area contributed by atoms with E-state index < -0.39 is 0 Å². The van der Waals surface area contributed by atoms with Gasteiger partial charge in [-0.25, -0.2) is 0 Å². The van der Waals surface area contributed by atoms with E-state index in [4.69, 9.17) is 0 Å². The molecule has 114 valence electrons. The lowest BCUT2D eigenvalue weighted by Crippen LogP contribution is -2.45. The highest BCUT2D eigenvalue weighted by atomic mass is 35.5. The van der Waals surface area contributed by atoms with Gasteiger partial charge < -0.3 is 5.32 Å². The normalized spacial score (nSPS) is 16.7. The summed E-state index contributed by atoms with van der Waals surface area (Å²) in [6.07, 6.45) is 3.08. The first-order valence-corrected chi connectivity index (χ1v) is 6.84. The predicted octanol–water partition coefficient (Wildman–Crippen LogP) is 3.67. The topological polar surface area (TPSA) is 15.3 Å². The van der Waals surface area contributed by atoms with Crippen molar-refractivity contribution in [3.05, 3.63) is 47.5 Å². The standard InChI is InChI=1S/C16H24N2.2ClH/c1-4-5-16(18-8-6-17-7-9-18)15-11-13(2)10-14(3)12-15;;/h4,10-12,16-17H,1,5-9H2,2-3H3;2*1H/t16-;;/m1../s1. The van der Waals surface area contributed by atoms with Crippen LogP contribution in [0.4, 0.5) is 0 Å². The van der Waals surface area contributed by atoms with Gasteiger partial charge in [-0.3, -0.25) is 4.90 Å². The Morgan fingerprint density at radius 1 is 1.15 bits per heavy atom. The molecule has 0 bridgehead atoms. The van der Waals surface area contributed by atoms with Crippen LogP contribution in [0.5, 0.6) is 0 Å². The third kappa shape index (κ3) is 5.10. The Morgan fingerprint density at radius 2 is 1.70 bits per heavy atom. The molecule has 0 unspecified atom stereocenters. The van der Waals surface area contributed by atoms with Gasteiger partial charge in [0.2, 0.25) is 0 Å². The van der Waals surface area contributed by atoms with Crippen LogP contribution in [0.2, 0.25) is 0 Å². The lowest BCUT2D eigenvalue weighted by atomic mass is 9.97. The minimum absolute atomic E-state index is 0. The molecule has 0 aliphatic carbocycles. The smallest absolute Gasteiger partial charge is 0.0383 e. The molecule has 1 atom stereocenters. The lowest BCUT2D eigenvalue weighted by Gasteiger charge is -2.35. The zero-order chi connectivity index (χ0) is 13.0. The average Bonchev–Trinajstić information content (AvgIpc) is 2.36. The second-order valence-corrected chi connectivity index (χ2v) is 5.25. The van der Waals surface area contributed by atoms with Crippen molar-refractivity contribution in [1.29, 1.82) is 0 Å². The number of hydrogen-bond donors (Lipinski definition) is 1. The van der Waals surface area contributed by atoms with Crippen molar-refractivity contribution in [1.82, 2.24) is 10.2 Å². The maximum Gasteiger partial charge on any atom is 0.0383 e. The van der Waals surface area contributed by atoms with Crippen LogP contribution >= 0.6 is 24.8 Å². The summed E-state index contributed by atoms with van der Waals surface area (Å²) < 4.78 is 0. The summed E-state index contributed by atoms with van der Waals surface area (Å²) >= 11 is 0. The van der Waals surface area contributed by atoms with Crippen molar-refractivity contribution in [2.45, 2.75) is 26.3 Å². The van der Waals surface area contributed by atoms with Crippen LogP contribution in [0.25, 0.3) is 0 Å². The molecule has 1 saturated heterocycles. The van der Waals surface area contributed by atoms with Crippen molar-refractivity contribution in [3.8, 4) is 0 Å². The summed E-state index contributed by atoms with van der Waals surface area (Å²) in [7, 11) is 0. The molecule has 0 amide bonds. The Morgan fingerprint density at radius 3 is 2.20 bits per heavy atom. The van der Waals surface area contributed by atoms with E-state index in [9.17, 15) is 0 Å². The third-order valence-corrected chi connectivity index (χ3v) is 3.61. The minimum atomic E-state index is 0. The molecule has 1 N–H and O–H groups in total. The average molecular weight is 317 g/mol. The number of piperazine rings is 1. The van der Waals surface area contributed by atoms with Crippen LogP contribution in [0.15, 0.2) is 30.9 Å². The summed E-state index contributed by atoms with van der Waals surface area (Å²) in [5.41, 5.74) is 4.15. The maximum atomic E-state index is 3.92. The Bertz CT molecular complexity index is 395. The molecule has 0 saturated carbocycles. The molecule has 0 aromatic heterocycles. The summed E-state index contributed by atoms with van der Waals surface area (Å²) in [6.45, 7) is 12.7. The second-order valence-electron chi connectivity index (χ2n) is 5.25. The van der Waals surface area contributed by atoms with Crippen LogP contribution < -0.4 is 5.32 Å². The highest BCUT2D eigenvalue weighted by Gasteiger charge is 2.21. The van der Waals surface area contributed by atoms with Crippen molar-refractivity contribution < 1.29 is 0 Å². The molecule has 2 rings (SSSR count). The van der Waals surface area contributed by atoms with E-state index in [2.05, 4.69) is 48.8 Å². The first kappa shape index (κ1) is 19.5. The SMILES string of the molecule is C=CC[C@H](c1cc(C)cc(C)c1)N1CCNCC1.Cl.Cl. The molecule has 1 fully saturated rings. The van der Waals surface area contributed by atoms with Gasteiger partial charge in [-0.15, -0.1) is 31.4 Å². The fourth-order valence-corrected chi connectivity index (χ4v) is 2.85. The molecule has 20 heavy (non-hydrogen) atoms.